The molecule has 1 fully saturated rings. The summed E-state index contributed by atoms with van der Waals surface area (Å²) < 4.78 is 16.5. The molecule has 0 aliphatic carbocycles. The maximum absolute atomic E-state index is 5.57. The number of nitrogens with one attached hydrogen (secondary N) is 2. The van der Waals surface area contributed by atoms with Crippen LogP contribution in [0.1, 0.15) is 25.3 Å². The fourth-order valence-electron chi connectivity index (χ4n) is 2.33. The van der Waals surface area contributed by atoms with Gasteiger partial charge in [-0.1, -0.05) is 5.92 Å². The van der Waals surface area contributed by atoms with Crippen LogP contribution in [0.5, 0.6) is 11.5 Å². The van der Waals surface area contributed by atoms with E-state index in [1.807, 2.05) is 19.1 Å². The maximum Gasteiger partial charge on any atom is 0.187 e. The molecule has 1 heterocycles. The number of nitrogens with zero attached hydrogens (tertiary/aromatic N) is 1. The molecule has 0 unspecified atom stereocenters. The van der Waals surface area contributed by atoms with E-state index in [0.29, 0.717) is 29.8 Å². The lowest BCUT2D eigenvalue weighted by molar-refractivity contribution is 0.114. The standard InChI is InChI=1S/C18H23N3O3S/c1-3-9-24-16-8-7-14(11-17(16)22-4-2)12-20-21-18(25)19-13-15-6-5-10-23-15/h1,7-8,11-12,15H,4-6,9-10,13H2,2H3,(H2,19,21,25)/b20-12-/t15-/m0/s1. The number of rotatable bonds is 8. The second-order valence-electron chi connectivity index (χ2n) is 5.35. The fraction of sp³-hybridized carbons (Fsp3) is 0.444. The number of benzene rings is 1. The topological polar surface area (TPSA) is 64.1 Å². The Bertz CT molecular complexity index is 637. The van der Waals surface area contributed by atoms with Crippen molar-refractivity contribution in [3.05, 3.63) is 23.8 Å². The Kier molecular flexibility index (Phi) is 8.02. The highest BCUT2D eigenvalue weighted by Gasteiger charge is 2.15. The molecule has 1 aliphatic rings. The van der Waals surface area contributed by atoms with Crippen LogP contribution in [0, 0.1) is 12.3 Å². The van der Waals surface area contributed by atoms with Crippen LogP contribution in [-0.2, 0) is 4.74 Å². The molecule has 1 saturated heterocycles. The quantitative estimate of drug-likeness (QED) is 0.320. The largest absolute Gasteiger partial charge is 0.490 e. The Morgan fingerprint density at radius 3 is 3.08 bits per heavy atom. The first-order valence-corrected chi connectivity index (χ1v) is 8.65. The number of terminal acetylenes is 1. The highest BCUT2D eigenvalue weighted by molar-refractivity contribution is 7.80. The fourth-order valence-corrected chi connectivity index (χ4v) is 2.46. The van der Waals surface area contributed by atoms with Crippen molar-refractivity contribution >= 4 is 23.5 Å². The molecule has 0 radical (unpaired) electrons. The molecule has 134 valence electrons. The van der Waals surface area contributed by atoms with Crippen molar-refractivity contribution in [2.75, 3.05) is 26.4 Å². The van der Waals surface area contributed by atoms with E-state index in [4.69, 9.17) is 32.9 Å². The van der Waals surface area contributed by atoms with E-state index in [0.717, 1.165) is 25.0 Å². The van der Waals surface area contributed by atoms with Gasteiger partial charge in [0.05, 0.1) is 18.9 Å². The zero-order chi connectivity index (χ0) is 17.9. The van der Waals surface area contributed by atoms with Crippen molar-refractivity contribution < 1.29 is 14.2 Å². The minimum Gasteiger partial charge on any atom is -0.490 e. The van der Waals surface area contributed by atoms with Crippen LogP contribution < -0.4 is 20.2 Å². The zero-order valence-electron chi connectivity index (χ0n) is 14.3. The van der Waals surface area contributed by atoms with E-state index < -0.39 is 0 Å². The molecule has 0 saturated carbocycles. The van der Waals surface area contributed by atoms with E-state index in [1.165, 1.54) is 0 Å². The SMILES string of the molecule is C#CCOc1ccc(/C=N\NC(=S)NC[C@@H]2CCCO2)cc1OCC. The number of hydrogen-bond donors (Lipinski definition) is 2. The Morgan fingerprint density at radius 2 is 2.36 bits per heavy atom. The van der Waals surface area contributed by atoms with Gasteiger partial charge >= 0.3 is 0 Å². The molecule has 0 spiro atoms. The summed E-state index contributed by atoms with van der Waals surface area (Å²) in [7, 11) is 0. The van der Waals surface area contributed by atoms with Gasteiger partial charge in [0.25, 0.3) is 0 Å². The third kappa shape index (κ3) is 6.61. The lowest BCUT2D eigenvalue weighted by Crippen LogP contribution is -2.37. The predicted octanol–water partition coefficient (Wildman–Crippen LogP) is 2.07. The van der Waals surface area contributed by atoms with Crippen LogP contribution in [-0.4, -0.2) is 43.8 Å². The first-order valence-electron chi connectivity index (χ1n) is 8.24. The summed E-state index contributed by atoms with van der Waals surface area (Å²) in [6.45, 7) is 4.15. The lowest BCUT2D eigenvalue weighted by atomic mass is 10.2. The van der Waals surface area contributed by atoms with Gasteiger partial charge in [0.1, 0.15) is 6.61 Å². The summed E-state index contributed by atoms with van der Waals surface area (Å²) in [6, 6.07) is 5.50. The molecule has 0 aromatic heterocycles. The lowest BCUT2D eigenvalue weighted by Gasteiger charge is -2.12. The van der Waals surface area contributed by atoms with Crippen molar-refractivity contribution in [3.63, 3.8) is 0 Å². The summed E-state index contributed by atoms with van der Waals surface area (Å²) in [6.07, 6.45) is 9.28. The molecule has 6 nitrogen and oxygen atoms in total. The average Bonchev–Trinajstić information content (AvgIpc) is 3.13. The van der Waals surface area contributed by atoms with Gasteiger partial charge in [-0.2, -0.15) is 5.10 Å². The number of hydrazone groups is 1. The maximum atomic E-state index is 5.57. The molecule has 1 aromatic rings. The second-order valence-corrected chi connectivity index (χ2v) is 5.76. The molecule has 2 N–H and O–H groups in total. The van der Waals surface area contributed by atoms with Gasteiger partial charge in [-0.3, -0.25) is 5.43 Å². The number of ether oxygens (including phenoxy) is 3. The minimum atomic E-state index is 0.194. The number of hydrogen-bond acceptors (Lipinski definition) is 5. The van der Waals surface area contributed by atoms with Crippen molar-refractivity contribution in [2.45, 2.75) is 25.9 Å². The molecule has 25 heavy (non-hydrogen) atoms. The summed E-state index contributed by atoms with van der Waals surface area (Å²) in [5.41, 5.74) is 3.64. The van der Waals surface area contributed by atoms with Gasteiger partial charge < -0.3 is 19.5 Å². The van der Waals surface area contributed by atoms with Crippen LogP contribution >= 0.6 is 12.2 Å². The highest BCUT2D eigenvalue weighted by Crippen LogP contribution is 2.27. The van der Waals surface area contributed by atoms with E-state index in [1.54, 1.807) is 12.3 Å². The Hall–Kier alpha value is -2.30. The summed E-state index contributed by atoms with van der Waals surface area (Å²) in [4.78, 5) is 0. The molecule has 1 atom stereocenters. The van der Waals surface area contributed by atoms with Gasteiger partial charge in [-0.15, -0.1) is 6.42 Å². The first-order chi connectivity index (χ1) is 12.2. The van der Waals surface area contributed by atoms with E-state index >= 15 is 0 Å². The Morgan fingerprint density at radius 1 is 1.48 bits per heavy atom. The average molecular weight is 361 g/mol. The summed E-state index contributed by atoms with van der Waals surface area (Å²) in [5.74, 6) is 3.67. The van der Waals surface area contributed by atoms with Gasteiger partial charge in [-0.25, -0.2) is 0 Å². The highest BCUT2D eigenvalue weighted by atomic mass is 32.1. The van der Waals surface area contributed by atoms with Gasteiger partial charge in [0.2, 0.25) is 0 Å². The van der Waals surface area contributed by atoms with Crippen molar-refractivity contribution in [3.8, 4) is 23.8 Å². The zero-order valence-corrected chi connectivity index (χ0v) is 15.1. The predicted molar refractivity (Wildman–Crippen MR) is 102 cm³/mol. The molecule has 0 bridgehead atoms. The second kappa shape index (κ2) is 10.5. The van der Waals surface area contributed by atoms with Gasteiger partial charge in [0, 0.05) is 13.2 Å². The van der Waals surface area contributed by atoms with Crippen molar-refractivity contribution in [2.24, 2.45) is 5.10 Å². The third-order valence-electron chi connectivity index (χ3n) is 3.47. The molecule has 2 rings (SSSR count). The smallest absolute Gasteiger partial charge is 0.187 e. The molecule has 7 heteroatoms. The number of thiocarbonyl (C=S) groups is 1. The molecular formula is C18H23N3O3S. The van der Waals surface area contributed by atoms with Crippen LogP contribution in [0.2, 0.25) is 0 Å². The van der Waals surface area contributed by atoms with E-state index in [9.17, 15) is 0 Å². The normalized spacial score (nSPS) is 16.4. The monoisotopic (exact) mass is 361 g/mol. The van der Waals surface area contributed by atoms with Gasteiger partial charge in [-0.05, 0) is 55.7 Å². The Labute approximate surface area is 153 Å². The van der Waals surface area contributed by atoms with Crippen LogP contribution in [0.25, 0.3) is 0 Å². The molecule has 1 aliphatic heterocycles. The van der Waals surface area contributed by atoms with E-state index in [2.05, 4.69) is 21.8 Å². The van der Waals surface area contributed by atoms with Crippen LogP contribution in [0.15, 0.2) is 23.3 Å². The third-order valence-corrected chi connectivity index (χ3v) is 3.71. The van der Waals surface area contributed by atoms with Crippen molar-refractivity contribution in [1.82, 2.24) is 10.7 Å². The summed E-state index contributed by atoms with van der Waals surface area (Å²) in [5, 5.41) is 7.69. The van der Waals surface area contributed by atoms with E-state index in [-0.39, 0.29) is 12.7 Å². The first kappa shape index (κ1) is 19.0. The van der Waals surface area contributed by atoms with Gasteiger partial charge in [0.15, 0.2) is 16.6 Å². The molecule has 0 amide bonds. The molecule has 1 aromatic carbocycles. The Balaban J connectivity index is 1.85. The summed E-state index contributed by atoms with van der Waals surface area (Å²) >= 11 is 5.19. The minimum absolute atomic E-state index is 0.194. The van der Waals surface area contributed by atoms with Crippen LogP contribution in [0.4, 0.5) is 0 Å². The van der Waals surface area contributed by atoms with Crippen molar-refractivity contribution in [1.29, 1.82) is 0 Å². The molecular weight excluding hydrogens is 338 g/mol. The van der Waals surface area contributed by atoms with Crippen LogP contribution in [0.3, 0.4) is 0 Å².